The minimum Gasteiger partial charge on any atom is -0.396 e. The molecule has 0 saturated heterocycles. The molecule has 3 N–H and O–H groups in total. The van der Waals surface area contributed by atoms with Crippen molar-refractivity contribution in [3.8, 4) is 0 Å². The molecule has 168 valence electrons. The third-order valence-corrected chi connectivity index (χ3v) is 5.29. The molecule has 1 aromatic carbocycles. The Bertz CT molecular complexity index is 753. The SMILES string of the molecule is CN=C(NCCCc1nnc(SC)n1CC(C)C)NCC(CO)c1ccccc1.I. The van der Waals surface area contributed by atoms with Gasteiger partial charge in [-0.3, -0.25) is 4.99 Å². The highest BCUT2D eigenvalue weighted by molar-refractivity contribution is 14.0. The Labute approximate surface area is 201 Å². The summed E-state index contributed by atoms with van der Waals surface area (Å²) in [5, 5.41) is 26.0. The zero-order chi connectivity index (χ0) is 21.1. The third-order valence-electron chi connectivity index (χ3n) is 4.62. The van der Waals surface area contributed by atoms with Crippen molar-refractivity contribution in [1.29, 1.82) is 0 Å². The normalized spacial score (nSPS) is 12.5. The van der Waals surface area contributed by atoms with E-state index in [2.05, 4.69) is 44.2 Å². The van der Waals surface area contributed by atoms with Gasteiger partial charge < -0.3 is 20.3 Å². The summed E-state index contributed by atoms with van der Waals surface area (Å²) in [5.41, 5.74) is 1.12. The number of halogens is 1. The van der Waals surface area contributed by atoms with E-state index in [0.29, 0.717) is 12.5 Å². The third kappa shape index (κ3) is 8.43. The molecule has 1 unspecified atom stereocenters. The van der Waals surface area contributed by atoms with Gasteiger partial charge in [0.25, 0.3) is 0 Å². The van der Waals surface area contributed by atoms with Gasteiger partial charge >= 0.3 is 0 Å². The summed E-state index contributed by atoms with van der Waals surface area (Å²) in [6.07, 6.45) is 3.85. The van der Waals surface area contributed by atoms with Crippen molar-refractivity contribution < 1.29 is 5.11 Å². The lowest BCUT2D eigenvalue weighted by atomic mass is 10.0. The first-order valence-electron chi connectivity index (χ1n) is 10.1. The number of thioether (sulfide) groups is 1. The second kappa shape index (κ2) is 14.6. The fourth-order valence-corrected chi connectivity index (χ4v) is 3.63. The van der Waals surface area contributed by atoms with Gasteiger partial charge in [0.1, 0.15) is 5.82 Å². The smallest absolute Gasteiger partial charge is 0.190 e. The molecular formula is C21H35IN6OS. The fourth-order valence-electron chi connectivity index (χ4n) is 3.11. The Kier molecular flexibility index (Phi) is 13.0. The van der Waals surface area contributed by atoms with Crippen LogP contribution in [0.4, 0.5) is 0 Å². The summed E-state index contributed by atoms with van der Waals surface area (Å²) in [4.78, 5) is 4.28. The number of nitrogens with one attached hydrogen (secondary N) is 2. The monoisotopic (exact) mass is 546 g/mol. The number of hydrogen-bond donors (Lipinski definition) is 3. The maximum atomic E-state index is 9.70. The molecule has 0 radical (unpaired) electrons. The van der Waals surface area contributed by atoms with Crippen LogP contribution in [-0.2, 0) is 13.0 Å². The number of benzene rings is 1. The molecule has 9 heteroatoms. The van der Waals surface area contributed by atoms with E-state index in [4.69, 9.17) is 0 Å². The van der Waals surface area contributed by atoms with Crippen molar-refractivity contribution in [3.63, 3.8) is 0 Å². The summed E-state index contributed by atoms with van der Waals surface area (Å²) >= 11 is 1.64. The Balaban J connectivity index is 0.00000450. The van der Waals surface area contributed by atoms with Crippen LogP contribution in [0.1, 0.15) is 37.6 Å². The van der Waals surface area contributed by atoms with Crippen molar-refractivity contribution in [3.05, 3.63) is 41.7 Å². The molecule has 30 heavy (non-hydrogen) atoms. The topological polar surface area (TPSA) is 87.4 Å². The standard InChI is InChI=1S/C21H34N6OS.HI/c1-16(2)14-27-19(25-26-21(27)29-4)11-8-12-23-20(22-3)24-13-18(15-28)17-9-6-5-7-10-17;/h5-7,9-10,16,18,28H,8,11-15H2,1-4H3,(H2,22,23,24);1H. The van der Waals surface area contributed by atoms with Crippen molar-refractivity contribution in [2.24, 2.45) is 10.9 Å². The number of hydrogen-bond acceptors (Lipinski definition) is 5. The minimum absolute atomic E-state index is 0. The molecular weight excluding hydrogens is 511 g/mol. The zero-order valence-corrected chi connectivity index (χ0v) is 21.5. The lowest BCUT2D eigenvalue weighted by Crippen LogP contribution is -2.40. The van der Waals surface area contributed by atoms with E-state index >= 15 is 0 Å². The van der Waals surface area contributed by atoms with Gasteiger partial charge in [-0.25, -0.2) is 0 Å². The first kappa shape index (κ1) is 26.7. The van der Waals surface area contributed by atoms with E-state index < -0.39 is 0 Å². The molecule has 1 heterocycles. The largest absolute Gasteiger partial charge is 0.396 e. The van der Waals surface area contributed by atoms with E-state index in [1.165, 1.54) is 0 Å². The van der Waals surface area contributed by atoms with Crippen LogP contribution < -0.4 is 10.6 Å². The molecule has 7 nitrogen and oxygen atoms in total. The van der Waals surface area contributed by atoms with Gasteiger partial charge in [-0.1, -0.05) is 55.9 Å². The molecule has 0 aliphatic heterocycles. The van der Waals surface area contributed by atoms with Gasteiger partial charge in [0.2, 0.25) is 0 Å². The second-order valence-corrected chi connectivity index (χ2v) is 8.15. The van der Waals surface area contributed by atoms with Crippen LogP contribution in [0.15, 0.2) is 40.5 Å². The second-order valence-electron chi connectivity index (χ2n) is 7.38. The predicted molar refractivity (Wildman–Crippen MR) is 136 cm³/mol. The van der Waals surface area contributed by atoms with Gasteiger partial charge in [-0.2, -0.15) is 0 Å². The minimum atomic E-state index is 0. The molecule has 0 fully saturated rings. The van der Waals surface area contributed by atoms with Crippen molar-refractivity contribution in [2.45, 2.75) is 44.3 Å². The molecule has 0 amide bonds. The first-order valence-corrected chi connectivity index (χ1v) is 11.4. The number of nitrogens with zero attached hydrogens (tertiary/aromatic N) is 4. The Hall–Kier alpha value is -1.33. The number of aryl methyl sites for hydroxylation is 1. The maximum Gasteiger partial charge on any atom is 0.190 e. The summed E-state index contributed by atoms with van der Waals surface area (Å²) in [6, 6.07) is 10.0. The lowest BCUT2D eigenvalue weighted by molar-refractivity contribution is 0.265. The van der Waals surface area contributed by atoms with Crippen LogP contribution >= 0.6 is 35.7 Å². The number of aliphatic hydroxyl groups is 1. The van der Waals surface area contributed by atoms with Crippen LogP contribution in [0.2, 0.25) is 0 Å². The highest BCUT2D eigenvalue weighted by atomic mass is 127. The van der Waals surface area contributed by atoms with Crippen LogP contribution in [0.25, 0.3) is 0 Å². The molecule has 0 spiro atoms. The predicted octanol–water partition coefficient (Wildman–Crippen LogP) is 3.15. The molecule has 2 rings (SSSR count). The molecule has 0 bridgehead atoms. The lowest BCUT2D eigenvalue weighted by Gasteiger charge is -2.18. The van der Waals surface area contributed by atoms with Crippen LogP contribution in [0, 0.1) is 5.92 Å². The number of aliphatic imine (C=N–C) groups is 1. The molecule has 0 saturated carbocycles. The van der Waals surface area contributed by atoms with E-state index in [1.807, 2.05) is 36.6 Å². The maximum absolute atomic E-state index is 9.70. The van der Waals surface area contributed by atoms with Crippen LogP contribution in [-0.4, -0.2) is 58.8 Å². The summed E-state index contributed by atoms with van der Waals surface area (Å²) in [6.45, 7) is 6.87. The molecule has 2 aromatic rings. The first-order chi connectivity index (χ1) is 14.1. The Morgan fingerprint density at radius 2 is 1.93 bits per heavy atom. The number of aliphatic hydroxyl groups excluding tert-OH is 1. The highest BCUT2D eigenvalue weighted by Crippen LogP contribution is 2.17. The van der Waals surface area contributed by atoms with Crippen LogP contribution in [0.3, 0.4) is 0 Å². The van der Waals surface area contributed by atoms with E-state index in [-0.39, 0.29) is 36.5 Å². The number of guanidine groups is 1. The summed E-state index contributed by atoms with van der Waals surface area (Å²) in [5.74, 6) is 2.38. The van der Waals surface area contributed by atoms with Gasteiger partial charge in [-0.15, -0.1) is 34.2 Å². The van der Waals surface area contributed by atoms with E-state index in [0.717, 1.165) is 48.4 Å². The van der Waals surface area contributed by atoms with Gasteiger partial charge in [0, 0.05) is 39.0 Å². The molecule has 1 atom stereocenters. The average molecular weight is 547 g/mol. The summed E-state index contributed by atoms with van der Waals surface area (Å²) in [7, 11) is 1.76. The number of aromatic nitrogens is 3. The van der Waals surface area contributed by atoms with Gasteiger partial charge in [-0.05, 0) is 24.2 Å². The molecule has 0 aliphatic carbocycles. The zero-order valence-electron chi connectivity index (χ0n) is 18.3. The van der Waals surface area contributed by atoms with Gasteiger partial charge in [0.05, 0.1) is 6.61 Å². The van der Waals surface area contributed by atoms with Crippen molar-refractivity contribution in [2.75, 3.05) is 33.0 Å². The molecule has 0 aliphatic rings. The average Bonchev–Trinajstić information content (AvgIpc) is 3.11. The van der Waals surface area contributed by atoms with Crippen LogP contribution in [0.5, 0.6) is 0 Å². The van der Waals surface area contributed by atoms with Crippen molar-refractivity contribution in [1.82, 2.24) is 25.4 Å². The Morgan fingerprint density at radius 3 is 2.53 bits per heavy atom. The molecule has 1 aromatic heterocycles. The van der Waals surface area contributed by atoms with Crippen molar-refractivity contribution >= 4 is 41.7 Å². The van der Waals surface area contributed by atoms with E-state index in [1.54, 1.807) is 18.8 Å². The van der Waals surface area contributed by atoms with E-state index in [9.17, 15) is 5.11 Å². The number of rotatable bonds is 11. The van der Waals surface area contributed by atoms with Gasteiger partial charge in [0.15, 0.2) is 11.1 Å². The summed E-state index contributed by atoms with van der Waals surface area (Å²) < 4.78 is 2.23. The Morgan fingerprint density at radius 1 is 1.20 bits per heavy atom. The highest BCUT2D eigenvalue weighted by Gasteiger charge is 2.13. The quantitative estimate of drug-likeness (QED) is 0.132. The fraction of sp³-hybridized carbons (Fsp3) is 0.571.